The first-order chi connectivity index (χ1) is 19.8. The van der Waals surface area contributed by atoms with Crippen LogP contribution in [0.4, 0.5) is 17.1 Å². The Balaban J connectivity index is 1.46. The van der Waals surface area contributed by atoms with Crippen molar-refractivity contribution in [3.8, 4) is 0 Å². The Morgan fingerprint density at radius 3 is 2.20 bits per heavy atom. The van der Waals surface area contributed by atoms with E-state index in [1.54, 1.807) is 66.7 Å². The van der Waals surface area contributed by atoms with Gasteiger partial charge in [-0.2, -0.15) is 0 Å². The van der Waals surface area contributed by atoms with Crippen molar-refractivity contribution in [2.45, 2.75) is 4.90 Å². The molecule has 3 N–H and O–H groups in total. The fourth-order valence-electron chi connectivity index (χ4n) is 3.60. The molecule has 0 aliphatic carbocycles. The Morgan fingerprint density at radius 1 is 0.829 bits per heavy atom. The van der Waals surface area contributed by atoms with Crippen LogP contribution >= 0.6 is 27.7 Å². The lowest BCUT2D eigenvalue weighted by molar-refractivity contribution is -0.385. The molecule has 0 aliphatic heterocycles. The number of carbonyl (C=O) groups is 3. The number of anilines is 2. The molecule has 3 amide bonds. The van der Waals surface area contributed by atoms with Crippen LogP contribution in [0.25, 0.3) is 6.08 Å². The number of carbonyl (C=O) groups excluding carboxylic acids is 3. The van der Waals surface area contributed by atoms with Gasteiger partial charge in [0.2, 0.25) is 5.91 Å². The maximum absolute atomic E-state index is 13.2. The van der Waals surface area contributed by atoms with Crippen molar-refractivity contribution in [1.82, 2.24) is 5.32 Å². The van der Waals surface area contributed by atoms with Crippen LogP contribution in [0.3, 0.4) is 0 Å². The van der Waals surface area contributed by atoms with Gasteiger partial charge in [-0.1, -0.05) is 42.5 Å². The molecule has 206 valence electrons. The monoisotopic (exact) mass is 630 g/mol. The number of nitro benzene ring substituents is 1. The Morgan fingerprint density at radius 2 is 1.49 bits per heavy atom. The summed E-state index contributed by atoms with van der Waals surface area (Å²) in [5.74, 6) is -1.20. The summed E-state index contributed by atoms with van der Waals surface area (Å²) < 4.78 is 0.786. The molecule has 4 rings (SSSR count). The van der Waals surface area contributed by atoms with Gasteiger partial charge in [0.25, 0.3) is 17.5 Å². The molecule has 0 fully saturated rings. The number of amides is 3. The van der Waals surface area contributed by atoms with E-state index in [2.05, 4.69) is 31.9 Å². The van der Waals surface area contributed by atoms with E-state index in [4.69, 9.17) is 0 Å². The largest absolute Gasteiger partial charge is 0.324 e. The summed E-state index contributed by atoms with van der Waals surface area (Å²) in [6.45, 7) is 0. The predicted molar refractivity (Wildman–Crippen MR) is 164 cm³/mol. The average Bonchev–Trinajstić information content (AvgIpc) is 2.98. The van der Waals surface area contributed by atoms with Gasteiger partial charge in [0.05, 0.1) is 21.9 Å². The Labute approximate surface area is 248 Å². The molecular formula is C30H23BrN4O5S. The Hall–Kier alpha value is -4.74. The SMILES string of the molecule is O=C(CSc1ccc(NC(=O)/C(=C/c2ccccc2[N+](=O)[O-])NC(=O)c2ccccc2)cc1)Nc1ccccc1Br. The number of hydrogen-bond acceptors (Lipinski definition) is 6. The number of halogens is 1. The second-order valence-electron chi connectivity index (χ2n) is 8.49. The van der Waals surface area contributed by atoms with E-state index in [1.165, 1.54) is 36.0 Å². The third-order valence-corrected chi connectivity index (χ3v) is 7.30. The highest BCUT2D eigenvalue weighted by atomic mass is 79.9. The van der Waals surface area contributed by atoms with Gasteiger partial charge in [0.15, 0.2) is 0 Å². The van der Waals surface area contributed by atoms with E-state index in [-0.39, 0.29) is 28.6 Å². The lowest BCUT2D eigenvalue weighted by Gasteiger charge is -2.12. The number of nitrogens with one attached hydrogen (secondary N) is 3. The van der Waals surface area contributed by atoms with E-state index < -0.39 is 16.7 Å². The van der Waals surface area contributed by atoms with Crippen LogP contribution in [0.1, 0.15) is 15.9 Å². The highest BCUT2D eigenvalue weighted by molar-refractivity contribution is 9.10. The topological polar surface area (TPSA) is 130 Å². The first-order valence-corrected chi connectivity index (χ1v) is 14.0. The van der Waals surface area contributed by atoms with Crippen molar-refractivity contribution >= 4 is 68.6 Å². The minimum absolute atomic E-state index is 0.156. The fraction of sp³-hybridized carbons (Fsp3) is 0.0333. The van der Waals surface area contributed by atoms with Crippen molar-refractivity contribution in [1.29, 1.82) is 0 Å². The molecule has 0 heterocycles. The van der Waals surface area contributed by atoms with Crippen molar-refractivity contribution < 1.29 is 19.3 Å². The van der Waals surface area contributed by atoms with E-state index in [0.29, 0.717) is 16.9 Å². The van der Waals surface area contributed by atoms with Gasteiger partial charge in [0.1, 0.15) is 5.70 Å². The fourth-order valence-corrected chi connectivity index (χ4v) is 4.69. The summed E-state index contributed by atoms with van der Waals surface area (Å²) in [7, 11) is 0. The molecule has 0 atom stereocenters. The van der Waals surface area contributed by atoms with Crippen LogP contribution in [-0.4, -0.2) is 28.4 Å². The summed E-state index contributed by atoms with van der Waals surface area (Å²) in [4.78, 5) is 50.1. The molecule has 4 aromatic rings. The van der Waals surface area contributed by atoms with Crippen LogP contribution in [-0.2, 0) is 9.59 Å². The zero-order chi connectivity index (χ0) is 29.2. The van der Waals surface area contributed by atoms with Crippen LogP contribution < -0.4 is 16.0 Å². The van der Waals surface area contributed by atoms with E-state index in [0.717, 1.165) is 9.37 Å². The zero-order valence-corrected chi connectivity index (χ0v) is 23.8. The molecule has 0 saturated carbocycles. The second-order valence-corrected chi connectivity index (χ2v) is 10.4. The quantitative estimate of drug-likeness (QED) is 0.0793. The molecule has 41 heavy (non-hydrogen) atoms. The van der Waals surface area contributed by atoms with Gasteiger partial charge in [-0.05, 0) is 76.6 Å². The molecule has 9 nitrogen and oxygen atoms in total. The van der Waals surface area contributed by atoms with Crippen LogP contribution in [0, 0.1) is 10.1 Å². The van der Waals surface area contributed by atoms with Crippen molar-refractivity contribution in [3.05, 3.63) is 135 Å². The molecular weight excluding hydrogens is 608 g/mol. The van der Waals surface area contributed by atoms with E-state index in [9.17, 15) is 24.5 Å². The third kappa shape index (κ3) is 8.37. The normalized spacial score (nSPS) is 10.9. The van der Waals surface area contributed by atoms with Gasteiger partial charge in [-0.15, -0.1) is 11.8 Å². The Bertz CT molecular complexity index is 1610. The highest BCUT2D eigenvalue weighted by Crippen LogP contribution is 2.24. The number of para-hydroxylation sites is 2. The molecule has 0 radical (unpaired) electrons. The maximum Gasteiger partial charge on any atom is 0.276 e. The maximum atomic E-state index is 13.2. The smallest absolute Gasteiger partial charge is 0.276 e. The molecule has 4 aromatic carbocycles. The zero-order valence-electron chi connectivity index (χ0n) is 21.4. The molecule has 0 aromatic heterocycles. The number of rotatable bonds is 10. The first kappa shape index (κ1) is 29.2. The minimum atomic E-state index is -0.666. The van der Waals surface area contributed by atoms with Gasteiger partial charge in [-0.3, -0.25) is 24.5 Å². The van der Waals surface area contributed by atoms with Gasteiger partial charge in [-0.25, -0.2) is 0 Å². The number of hydrogen-bond donors (Lipinski definition) is 3. The Kier molecular flexibility index (Phi) is 10.0. The molecule has 0 unspecified atom stereocenters. The highest BCUT2D eigenvalue weighted by Gasteiger charge is 2.18. The van der Waals surface area contributed by atoms with Crippen LogP contribution in [0.15, 0.2) is 118 Å². The first-order valence-electron chi connectivity index (χ1n) is 12.2. The lowest BCUT2D eigenvalue weighted by Crippen LogP contribution is -2.30. The van der Waals surface area contributed by atoms with Crippen molar-refractivity contribution in [2.75, 3.05) is 16.4 Å². The minimum Gasteiger partial charge on any atom is -0.324 e. The summed E-state index contributed by atoms with van der Waals surface area (Å²) in [5, 5.41) is 19.6. The summed E-state index contributed by atoms with van der Waals surface area (Å²) in [5.41, 5.74) is 1.20. The van der Waals surface area contributed by atoms with Crippen LogP contribution in [0.5, 0.6) is 0 Å². The molecule has 11 heteroatoms. The van der Waals surface area contributed by atoms with Crippen molar-refractivity contribution in [2.24, 2.45) is 0 Å². The molecule has 0 saturated heterocycles. The summed E-state index contributed by atoms with van der Waals surface area (Å²) in [6.07, 6.45) is 1.27. The van der Waals surface area contributed by atoms with Gasteiger partial charge < -0.3 is 16.0 Å². The molecule has 0 spiro atoms. The van der Waals surface area contributed by atoms with Crippen LogP contribution in [0.2, 0.25) is 0 Å². The summed E-state index contributed by atoms with van der Waals surface area (Å²) >= 11 is 4.73. The van der Waals surface area contributed by atoms with Gasteiger partial charge >= 0.3 is 0 Å². The number of thioether (sulfide) groups is 1. The summed E-state index contributed by atoms with van der Waals surface area (Å²) in [6, 6.07) is 28.4. The third-order valence-electron chi connectivity index (χ3n) is 5.59. The van der Waals surface area contributed by atoms with E-state index in [1.807, 2.05) is 18.2 Å². The lowest BCUT2D eigenvalue weighted by atomic mass is 10.1. The second kappa shape index (κ2) is 14.1. The standard InChI is InChI=1S/C30H23BrN4O5S/c31-24-11-5-6-12-25(24)33-28(36)19-41-23-16-14-22(15-17-23)32-30(38)26(34-29(37)20-8-2-1-3-9-20)18-21-10-4-7-13-27(21)35(39)40/h1-18H,19H2,(H,32,38)(H,33,36)(H,34,37)/b26-18-. The number of nitro groups is 1. The number of benzene rings is 4. The average molecular weight is 632 g/mol. The number of nitrogens with zero attached hydrogens (tertiary/aromatic N) is 1. The van der Waals surface area contributed by atoms with Gasteiger partial charge in [0, 0.05) is 26.7 Å². The molecule has 0 aliphatic rings. The predicted octanol–water partition coefficient (Wildman–Crippen LogP) is 6.50. The van der Waals surface area contributed by atoms with Crippen molar-refractivity contribution in [3.63, 3.8) is 0 Å². The molecule has 0 bridgehead atoms. The van der Waals surface area contributed by atoms with E-state index >= 15 is 0 Å².